The highest BCUT2D eigenvalue weighted by Gasteiger charge is 2.29. The molecular formula is C22H24F3NO6. The smallest absolute Gasteiger partial charge is 0.416 e. The third-order valence-electron chi connectivity index (χ3n) is 4.42. The van der Waals surface area contributed by atoms with Crippen molar-refractivity contribution < 1.29 is 42.1 Å². The number of benzene rings is 2. The van der Waals surface area contributed by atoms with Crippen LogP contribution >= 0.6 is 0 Å². The fourth-order valence-corrected chi connectivity index (χ4v) is 2.80. The van der Waals surface area contributed by atoms with Crippen molar-refractivity contribution in [3.05, 3.63) is 59.2 Å². The molecule has 2 aromatic rings. The second kappa shape index (κ2) is 11.4. The van der Waals surface area contributed by atoms with E-state index in [1.54, 1.807) is 25.1 Å². The minimum Gasteiger partial charge on any atom is -0.493 e. The number of aliphatic carboxylic acids is 1. The van der Waals surface area contributed by atoms with Gasteiger partial charge < -0.3 is 24.6 Å². The summed E-state index contributed by atoms with van der Waals surface area (Å²) in [4.78, 5) is 23.4. The maximum absolute atomic E-state index is 12.6. The minimum absolute atomic E-state index is 0.0339. The quantitative estimate of drug-likeness (QED) is 0.539. The van der Waals surface area contributed by atoms with Crippen molar-refractivity contribution in [3.8, 4) is 11.5 Å². The van der Waals surface area contributed by atoms with E-state index in [0.29, 0.717) is 16.9 Å². The van der Waals surface area contributed by atoms with Crippen LogP contribution in [-0.4, -0.2) is 43.4 Å². The molecule has 0 aliphatic rings. The van der Waals surface area contributed by atoms with Crippen LogP contribution in [0.3, 0.4) is 0 Å². The Hall–Kier alpha value is -3.27. The van der Waals surface area contributed by atoms with E-state index in [1.165, 1.54) is 19.2 Å². The number of hydrogen-bond acceptors (Lipinski definition) is 5. The molecule has 2 rings (SSSR count). The zero-order valence-electron chi connectivity index (χ0n) is 17.6. The summed E-state index contributed by atoms with van der Waals surface area (Å²) in [5.74, 6) is -0.981. The van der Waals surface area contributed by atoms with Crippen LogP contribution in [0.5, 0.6) is 11.5 Å². The molecule has 0 saturated carbocycles. The minimum atomic E-state index is -4.42. The molecule has 174 valence electrons. The van der Waals surface area contributed by atoms with Crippen molar-refractivity contribution in [3.63, 3.8) is 0 Å². The molecule has 0 aliphatic heterocycles. The van der Waals surface area contributed by atoms with Gasteiger partial charge in [0.05, 0.1) is 12.7 Å². The molecule has 0 radical (unpaired) electrons. The molecule has 1 amide bonds. The number of carbonyl (C=O) groups excluding carboxylic acids is 1. The van der Waals surface area contributed by atoms with E-state index >= 15 is 0 Å². The zero-order chi connectivity index (χ0) is 23.7. The summed E-state index contributed by atoms with van der Waals surface area (Å²) in [6.07, 6.45) is -5.34. The molecule has 0 heterocycles. The summed E-state index contributed by atoms with van der Waals surface area (Å²) in [7, 11) is 1.42. The van der Waals surface area contributed by atoms with Gasteiger partial charge >= 0.3 is 12.1 Å². The van der Waals surface area contributed by atoms with Gasteiger partial charge in [0.25, 0.3) is 5.91 Å². The summed E-state index contributed by atoms with van der Waals surface area (Å²) in [6, 6.07) is 9.29. The van der Waals surface area contributed by atoms with E-state index in [2.05, 4.69) is 5.32 Å². The Bertz CT molecular complexity index is 915. The summed E-state index contributed by atoms with van der Waals surface area (Å²) in [5.41, 5.74) is 0.353. The molecule has 1 unspecified atom stereocenters. The summed E-state index contributed by atoms with van der Waals surface area (Å²) in [6.45, 7) is 1.61. The summed E-state index contributed by atoms with van der Waals surface area (Å²) < 4.78 is 53.7. The van der Waals surface area contributed by atoms with Crippen molar-refractivity contribution in [1.82, 2.24) is 5.32 Å². The van der Waals surface area contributed by atoms with Gasteiger partial charge in [-0.3, -0.25) is 4.79 Å². The SMILES string of the molecule is CCOC(Cc1ccc(OC)c(OCC(=O)NCc2ccc(C(F)(F)F)cc2)c1)C(=O)O. The van der Waals surface area contributed by atoms with E-state index < -0.39 is 29.7 Å². The second-order valence-corrected chi connectivity index (χ2v) is 6.73. The van der Waals surface area contributed by atoms with Crippen LogP contribution in [0.2, 0.25) is 0 Å². The summed E-state index contributed by atoms with van der Waals surface area (Å²) in [5, 5.41) is 11.8. The maximum atomic E-state index is 12.6. The van der Waals surface area contributed by atoms with E-state index in [0.717, 1.165) is 12.1 Å². The van der Waals surface area contributed by atoms with Gasteiger partial charge in [0.1, 0.15) is 0 Å². The Balaban J connectivity index is 1.95. The van der Waals surface area contributed by atoms with Gasteiger partial charge in [0.2, 0.25) is 0 Å². The fourth-order valence-electron chi connectivity index (χ4n) is 2.80. The first kappa shape index (κ1) is 25.0. The molecular weight excluding hydrogens is 431 g/mol. The van der Waals surface area contributed by atoms with Gasteiger partial charge in [-0.25, -0.2) is 4.79 Å². The molecule has 2 aromatic carbocycles. The number of nitrogens with one attached hydrogen (secondary N) is 1. The zero-order valence-corrected chi connectivity index (χ0v) is 17.6. The predicted octanol–water partition coefficient (Wildman–Crippen LogP) is 3.44. The van der Waals surface area contributed by atoms with Crippen molar-refractivity contribution >= 4 is 11.9 Å². The number of carbonyl (C=O) groups is 2. The molecule has 0 saturated heterocycles. The molecule has 0 aromatic heterocycles. The Morgan fingerprint density at radius 1 is 1.06 bits per heavy atom. The Morgan fingerprint density at radius 2 is 1.72 bits per heavy atom. The average Bonchev–Trinajstić information content (AvgIpc) is 2.75. The lowest BCUT2D eigenvalue weighted by atomic mass is 10.1. The first-order chi connectivity index (χ1) is 15.1. The van der Waals surface area contributed by atoms with Gasteiger partial charge in [-0.05, 0) is 42.3 Å². The highest BCUT2D eigenvalue weighted by atomic mass is 19.4. The van der Waals surface area contributed by atoms with Crippen molar-refractivity contribution in [2.75, 3.05) is 20.3 Å². The number of halogens is 3. The number of methoxy groups -OCH3 is 1. The van der Waals surface area contributed by atoms with Gasteiger partial charge in [-0.15, -0.1) is 0 Å². The highest BCUT2D eigenvalue weighted by Crippen LogP contribution is 2.30. The van der Waals surface area contributed by atoms with E-state index in [-0.39, 0.29) is 31.9 Å². The van der Waals surface area contributed by atoms with Crippen molar-refractivity contribution in [1.29, 1.82) is 0 Å². The number of carboxylic acid groups (broad SMARTS) is 1. The molecule has 0 fully saturated rings. The number of carboxylic acids is 1. The first-order valence-corrected chi connectivity index (χ1v) is 9.71. The molecule has 1 atom stereocenters. The Labute approximate surface area is 183 Å². The van der Waals surface area contributed by atoms with E-state index in [9.17, 15) is 27.9 Å². The lowest BCUT2D eigenvalue weighted by Crippen LogP contribution is -2.28. The number of ether oxygens (including phenoxy) is 3. The van der Waals surface area contributed by atoms with Crippen LogP contribution < -0.4 is 14.8 Å². The van der Waals surface area contributed by atoms with Gasteiger partial charge in [0.15, 0.2) is 24.2 Å². The van der Waals surface area contributed by atoms with Crippen LogP contribution in [0.4, 0.5) is 13.2 Å². The van der Waals surface area contributed by atoms with Crippen LogP contribution in [0.1, 0.15) is 23.6 Å². The van der Waals surface area contributed by atoms with Gasteiger partial charge in [0, 0.05) is 19.6 Å². The molecule has 10 heteroatoms. The summed E-state index contributed by atoms with van der Waals surface area (Å²) >= 11 is 0. The van der Waals surface area contributed by atoms with Crippen LogP contribution in [-0.2, 0) is 33.5 Å². The van der Waals surface area contributed by atoms with Gasteiger partial charge in [-0.1, -0.05) is 18.2 Å². The van der Waals surface area contributed by atoms with Crippen molar-refractivity contribution in [2.24, 2.45) is 0 Å². The number of amides is 1. The standard InChI is InChI=1S/C22H24F3NO6/c1-3-31-19(21(28)29)11-15-6-9-17(30-2)18(10-15)32-13-20(27)26-12-14-4-7-16(8-5-14)22(23,24)25/h4-10,19H,3,11-13H2,1-2H3,(H,26,27)(H,28,29). The average molecular weight is 455 g/mol. The predicted molar refractivity (Wildman–Crippen MR) is 109 cm³/mol. The fraction of sp³-hybridized carbons (Fsp3) is 0.364. The third kappa shape index (κ3) is 7.45. The maximum Gasteiger partial charge on any atom is 0.416 e. The largest absolute Gasteiger partial charge is 0.493 e. The van der Waals surface area contributed by atoms with Crippen LogP contribution in [0, 0.1) is 0 Å². The van der Waals surface area contributed by atoms with Crippen LogP contribution in [0.25, 0.3) is 0 Å². The molecule has 0 aliphatic carbocycles. The Morgan fingerprint density at radius 3 is 2.28 bits per heavy atom. The molecule has 2 N–H and O–H groups in total. The monoisotopic (exact) mass is 455 g/mol. The van der Waals surface area contributed by atoms with Gasteiger partial charge in [-0.2, -0.15) is 13.2 Å². The second-order valence-electron chi connectivity index (χ2n) is 6.73. The normalized spacial score (nSPS) is 12.2. The van der Waals surface area contributed by atoms with Crippen molar-refractivity contribution in [2.45, 2.75) is 32.2 Å². The molecule has 32 heavy (non-hydrogen) atoms. The topological polar surface area (TPSA) is 94.1 Å². The lowest BCUT2D eigenvalue weighted by Gasteiger charge is -2.15. The molecule has 0 spiro atoms. The van der Waals surface area contributed by atoms with E-state index in [4.69, 9.17) is 14.2 Å². The first-order valence-electron chi connectivity index (χ1n) is 9.71. The molecule has 0 bridgehead atoms. The van der Waals surface area contributed by atoms with Crippen LogP contribution in [0.15, 0.2) is 42.5 Å². The number of alkyl halides is 3. The third-order valence-corrected chi connectivity index (χ3v) is 4.42. The lowest BCUT2D eigenvalue weighted by molar-refractivity contribution is -0.150. The molecule has 7 nitrogen and oxygen atoms in total. The number of hydrogen-bond donors (Lipinski definition) is 2. The number of rotatable bonds is 11. The van der Waals surface area contributed by atoms with E-state index in [1.807, 2.05) is 0 Å². The Kier molecular flexibility index (Phi) is 8.89. The highest BCUT2D eigenvalue weighted by molar-refractivity contribution is 5.77.